The molecule has 0 bridgehead atoms. The standard InChI is InChI=1S/C24H28BrN7O6S/c1-3-38-22(35)18-15(28-24(36)29-19(18)13-4-5-17(33)14(25)10-13)11-31-6-8-32(9-7-31)21(34)20(30-37-2)16-12-39-23(26)27-16/h4-5,10,12,19,33H,3,6-9,11H2,1-2H3,(H2,26,27)(H2,28,29,36)/b30-20+. The molecule has 0 saturated carbocycles. The van der Waals surface area contributed by atoms with E-state index in [1.165, 1.54) is 24.5 Å². The summed E-state index contributed by atoms with van der Waals surface area (Å²) in [5.74, 6) is -0.863. The van der Waals surface area contributed by atoms with Gasteiger partial charge in [-0.1, -0.05) is 11.2 Å². The smallest absolute Gasteiger partial charge is 0.338 e. The highest BCUT2D eigenvalue weighted by Crippen LogP contribution is 2.33. The third kappa shape index (κ3) is 6.49. The van der Waals surface area contributed by atoms with E-state index in [2.05, 4.69) is 36.7 Å². The summed E-state index contributed by atoms with van der Waals surface area (Å²) in [7, 11) is 1.35. The second-order valence-electron chi connectivity index (χ2n) is 8.62. The van der Waals surface area contributed by atoms with Crippen LogP contribution in [0.1, 0.15) is 24.2 Å². The summed E-state index contributed by atoms with van der Waals surface area (Å²) in [6.07, 6.45) is 0. The molecular formula is C24H28BrN7O6S. The number of aromatic nitrogens is 1. The molecule has 0 spiro atoms. The number of esters is 1. The molecular weight excluding hydrogens is 594 g/mol. The molecule has 5 N–H and O–H groups in total. The van der Waals surface area contributed by atoms with Crippen LogP contribution < -0.4 is 16.4 Å². The number of phenols is 1. The average molecular weight is 623 g/mol. The number of hydrogen-bond donors (Lipinski definition) is 4. The predicted molar refractivity (Wildman–Crippen MR) is 147 cm³/mol. The van der Waals surface area contributed by atoms with Gasteiger partial charge in [-0.3, -0.25) is 9.69 Å². The van der Waals surface area contributed by atoms with Gasteiger partial charge < -0.3 is 35.9 Å². The molecule has 0 radical (unpaired) electrons. The van der Waals surface area contributed by atoms with Crippen LogP contribution in [0.4, 0.5) is 9.93 Å². The topological polar surface area (TPSA) is 172 Å². The Labute approximate surface area is 236 Å². The number of nitrogens with zero attached hydrogens (tertiary/aromatic N) is 4. The lowest BCUT2D eigenvalue weighted by atomic mass is 9.94. The monoisotopic (exact) mass is 621 g/mol. The number of nitrogens with one attached hydrogen (secondary N) is 2. The lowest BCUT2D eigenvalue weighted by molar-refractivity contribution is -0.139. The number of nitrogen functional groups attached to an aromatic ring is 1. The number of thiazole rings is 1. The van der Waals surface area contributed by atoms with Crippen molar-refractivity contribution < 1.29 is 29.1 Å². The minimum absolute atomic E-state index is 0.0327. The molecule has 3 amide bonds. The largest absolute Gasteiger partial charge is 0.507 e. The summed E-state index contributed by atoms with van der Waals surface area (Å²) in [4.78, 5) is 51.5. The van der Waals surface area contributed by atoms with Gasteiger partial charge in [-0.15, -0.1) is 11.3 Å². The lowest BCUT2D eigenvalue weighted by Gasteiger charge is -2.37. The summed E-state index contributed by atoms with van der Waals surface area (Å²) in [5.41, 5.74) is 7.40. The quantitative estimate of drug-likeness (QED) is 0.194. The van der Waals surface area contributed by atoms with Gasteiger partial charge in [0.1, 0.15) is 18.6 Å². The van der Waals surface area contributed by atoms with Crippen LogP contribution in [0.3, 0.4) is 0 Å². The zero-order valence-electron chi connectivity index (χ0n) is 21.3. The maximum absolute atomic E-state index is 13.2. The van der Waals surface area contributed by atoms with Crippen LogP contribution in [0.5, 0.6) is 5.75 Å². The first-order valence-corrected chi connectivity index (χ1v) is 13.7. The number of carbonyl (C=O) groups is 3. The summed E-state index contributed by atoms with van der Waals surface area (Å²) in [6, 6.07) is 3.50. The van der Waals surface area contributed by atoms with Gasteiger partial charge in [0.05, 0.1) is 22.7 Å². The van der Waals surface area contributed by atoms with E-state index in [9.17, 15) is 19.5 Å². The third-order valence-electron chi connectivity index (χ3n) is 6.15. The number of phenolic OH excluding ortho intramolecular Hbond substituents is 1. The van der Waals surface area contributed by atoms with Crippen LogP contribution >= 0.6 is 27.3 Å². The molecule has 3 heterocycles. The third-order valence-corrected chi connectivity index (χ3v) is 7.45. The SMILES string of the molecule is CCOC(=O)C1=C(CN2CCN(C(=O)/C(=N/OC)c3csc(N)n3)CC2)NC(=O)NC1c1ccc(O)c(Br)c1. The number of rotatable bonds is 8. The molecule has 15 heteroatoms. The maximum Gasteiger partial charge on any atom is 0.338 e. The minimum atomic E-state index is -0.786. The number of anilines is 1. The molecule has 0 aliphatic carbocycles. The van der Waals surface area contributed by atoms with Gasteiger partial charge >= 0.3 is 12.0 Å². The van der Waals surface area contributed by atoms with Crippen LogP contribution in [0.2, 0.25) is 0 Å². The number of aromatic hydroxyl groups is 1. The number of nitrogens with two attached hydrogens (primary N) is 1. The first-order valence-electron chi connectivity index (χ1n) is 12.0. The number of ether oxygens (including phenoxy) is 1. The molecule has 2 aliphatic heterocycles. The van der Waals surface area contributed by atoms with Gasteiger partial charge in [0.2, 0.25) is 0 Å². The van der Waals surface area contributed by atoms with E-state index in [0.717, 1.165) is 0 Å². The van der Waals surface area contributed by atoms with Gasteiger partial charge in [0.25, 0.3) is 5.91 Å². The highest BCUT2D eigenvalue weighted by Gasteiger charge is 2.35. The zero-order valence-corrected chi connectivity index (χ0v) is 23.7. The molecule has 2 aliphatic rings. The molecule has 1 aromatic heterocycles. The normalized spacial score (nSPS) is 18.4. The van der Waals surface area contributed by atoms with Crippen LogP contribution in [-0.4, -0.2) is 90.0 Å². The number of hydrogen-bond acceptors (Lipinski definition) is 11. The molecule has 208 valence electrons. The fourth-order valence-corrected chi connectivity index (χ4v) is 5.26. The van der Waals surface area contributed by atoms with Gasteiger partial charge in [0, 0.05) is 43.8 Å². The molecule has 1 saturated heterocycles. The van der Waals surface area contributed by atoms with Crippen molar-refractivity contribution in [1.82, 2.24) is 25.4 Å². The first kappa shape index (κ1) is 28.3. The summed E-state index contributed by atoms with van der Waals surface area (Å²) in [6.45, 7) is 3.82. The van der Waals surface area contributed by atoms with Crippen molar-refractivity contribution >= 4 is 56.0 Å². The molecule has 39 heavy (non-hydrogen) atoms. The van der Waals surface area contributed by atoms with E-state index in [4.69, 9.17) is 15.3 Å². The van der Waals surface area contributed by atoms with Crippen LogP contribution in [0.15, 0.2) is 44.5 Å². The molecule has 13 nitrogen and oxygen atoms in total. The number of benzene rings is 1. The Hall–Kier alpha value is -3.69. The average Bonchev–Trinajstić information content (AvgIpc) is 3.34. The van der Waals surface area contributed by atoms with Gasteiger partial charge in [-0.05, 0) is 40.5 Å². The second-order valence-corrected chi connectivity index (χ2v) is 10.4. The maximum atomic E-state index is 13.2. The first-order chi connectivity index (χ1) is 18.7. The van der Waals surface area contributed by atoms with Gasteiger partial charge in [-0.2, -0.15) is 0 Å². The Morgan fingerprint density at radius 2 is 2.05 bits per heavy atom. The number of oxime groups is 1. The Morgan fingerprint density at radius 1 is 1.31 bits per heavy atom. The highest BCUT2D eigenvalue weighted by molar-refractivity contribution is 9.10. The van der Waals surface area contributed by atoms with Crippen LogP contribution in [0, 0.1) is 0 Å². The van der Waals surface area contributed by atoms with E-state index >= 15 is 0 Å². The Kier molecular flexibility index (Phi) is 9.04. The molecule has 1 atom stereocenters. The van der Waals surface area contributed by atoms with E-state index in [1.54, 1.807) is 29.3 Å². The predicted octanol–water partition coefficient (Wildman–Crippen LogP) is 1.56. The summed E-state index contributed by atoms with van der Waals surface area (Å²) < 4.78 is 5.75. The van der Waals surface area contributed by atoms with Crippen molar-refractivity contribution in [3.8, 4) is 5.75 Å². The van der Waals surface area contributed by atoms with Crippen molar-refractivity contribution in [2.75, 3.05) is 52.2 Å². The fraction of sp³-hybridized carbons (Fsp3) is 0.375. The highest BCUT2D eigenvalue weighted by atomic mass is 79.9. The fourth-order valence-electron chi connectivity index (χ4n) is 4.31. The van der Waals surface area contributed by atoms with Crippen molar-refractivity contribution in [2.45, 2.75) is 13.0 Å². The van der Waals surface area contributed by atoms with E-state index in [-0.39, 0.29) is 36.1 Å². The van der Waals surface area contributed by atoms with Crippen molar-refractivity contribution in [1.29, 1.82) is 0 Å². The summed E-state index contributed by atoms with van der Waals surface area (Å²) in [5, 5.41) is 21.3. The number of carbonyl (C=O) groups excluding carboxylic acids is 3. The number of urea groups is 1. The molecule has 1 aromatic carbocycles. The minimum Gasteiger partial charge on any atom is -0.507 e. The van der Waals surface area contributed by atoms with E-state index < -0.39 is 18.0 Å². The number of piperazine rings is 1. The van der Waals surface area contributed by atoms with Gasteiger partial charge in [0.15, 0.2) is 10.8 Å². The van der Waals surface area contributed by atoms with E-state index in [1.807, 2.05) is 4.90 Å². The second kappa shape index (κ2) is 12.4. The van der Waals surface area contributed by atoms with E-state index in [0.29, 0.717) is 52.7 Å². The van der Waals surface area contributed by atoms with Gasteiger partial charge in [-0.25, -0.2) is 14.6 Å². The Bertz CT molecular complexity index is 1320. The number of halogens is 1. The van der Waals surface area contributed by atoms with Crippen LogP contribution in [-0.2, 0) is 19.2 Å². The summed E-state index contributed by atoms with van der Waals surface area (Å²) >= 11 is 4.49. The Morgan fingerprint density at radius 3 is 2.67 bits per heavy atom. The molecule has 2 aromatic rings. The zero-order chi connectivity index (χ0) is 28.1. The van der Waals surface area contributed by atoms with Crippen molar-refractivity contribution in [3.05, 3.63) is 50.6 Å². The molecule has 1 unspecified atom stereocenters. The van der Waals surface area contributed by atoms with Crippen LogP contribution in [0.25, 0.3) is 0 Å². The Balaban J connectivity index is 1.53. The number of amides is 3. The van der Waals surface area contributed by atoms with Crippen molar-refractivity contribution in [2.24, 2.45) is 5.16 Å². The molecule has 4 rings (SSSR count). The lowest BCUT2D eigenvalue weighted by Crippen LogP contribution is -2.53. The van der Waals surface area contributed by atoms with Crippen molar-refractivity contribution in [3.63, 3.8) is 0 Å². The molecule has 1 fully saturated rings.